The zero-order valence-corrected chi connectivity index (χ0v) is 13.8. The van der Waals surface area contributed by atoms with E-state index in [1.807, 2.05) is 20.8 Å². The molecule has 0 saturated carbocycles. The molecule has 0 spiro atoms. The normalized spacial score (nSPS) is 15.8. The molecule has 1 aliphatic rings. The standard InChI is InChI=1S/C17H23N3O3/c1-17(2,3)23-16(22)20-8-6-13(7-9-20)19-14-10-12(11-18)4-5-15(14)21/h4-5,10,13,19,21H,6-9H2,1-3H3. The molecule has 0 bridgehead atoms. The van der Waals surface area contributed by atoms with Crippen LogP contribution in [-0.2, 0) is 4.74 Å². The van der Waals surface area contributed by atoms with Crippen LogP contribution in [0.3, 0.4) is 0 Å². The first-order chi connectivity index (χ1) is 10.8. The molecule has 1 amide bonds. The van der Waals surface area contributed by atoms with Crippen molar-refractivity contribution in [3.05, 3.63) is 23.8 Å². The minimum Gasteiger partial charge on any atom is -0.506 e. The monoisotopic (exact) mass is 317 g/mol. The Labute approximate surface area is 136 Å². The van der Waals surface area contributed by atoms with E-state index in [0.29, 0.717) is 24.3 Å². The molecule has 1 aromatic rings. The van der Waals surface area contributed by atoms with Gasteiger partial charge >= 0.3 is 6.09 Å². The summed E-state index contributed by atoms with van der Waals surface area (Å²) in [6.07, 6.45) is 1.23. The van der Waals surface area contributed by atoms with Crippen LogP contribution >= 0.6 is 0 Å². The minimum absolute atomic E-state index is 0.124. The number of carbonyl (C=O) groups is 1. The number of ether oxygens (including phenoxy) is 1. The van der Waals surface area contributed by atoms with Crippen molar-refractivity contribution < 1.29 is 14.6 Å². The first kappa shape index (κ1) is 16.9. The van der Waals surface area contributed by atoms with Crippen molar-refractivity contribution >= 4 is 11.8 Å². The van der Waals surface area contributed by atoms with Crippen molar-refractivity contribution in [3.8, 4) is 11.8 Å². The van der Waals surface area contributed by atoms with E-state index in [0.717, 1.165) is 12.8 Å². The summed E-state index contributed by atoms with van der Waals surface area (Å²) >= 11 is 0. The third-order valence-electron chi connectivity index (χ3n) is 3.63. The fourth-order valence-corrected chi connectivity index (χ4v) is 2.47. The van der Waals surface area contributed by atoms with Crippen LogP contribution in [0.5, 0.6) is 5.75 Å². The summed E-state index contributed by atoms with van der Waals surface area (Å²) in [5.41, 5.74) is 0.562. The fourth-order valence-electron chi connectivity index (χ4n) is 2.47. The quantitative estimate of drug-likeness (QED) is 0.819. The molecular weight excluding hydrogens is 294 g/mol. The number of anilines is 1. The fraction of sp³-hybridized carbons (Fsp3) is 0.529. The number of likely N-dealkylation sites (tertiary alicyclic amines) is 1. The Kier molecular flexibility index (Phi) is 4.99. The lowest BCUT2D eigenvalue weighted by molar-refractivity contribution is 0.0210. The number of phenolic OH excluding ortho intramolecular Hbond substituents is 1. The van der Waals surface area contributed by atoms with Gasteiger partial charge in [-0.3, -0.25) is 0 Å². The van der Waals surface area contributed by atoms with Crippen LogP contribution in [0, 0.1) is 11.3 Å². The van der Waals surface area contributed by atoms with Gasteiger partial charge in [-0.1, -0.05) is 0 Å². The van der Waals surface area contributed by atoms with Gasteiger partial charge in [-0.05, 0) is 51.8 Å². The van der Waals surface area contributed by atoms with Crippen molar-refractivity contribution in [2.45, 2.75) is 45.3 Å². The summed E-state index contributed by atoms with van der Waals surface area (Å²) < 4.78 is 5.37. The smallest absolute Gasteiger partial charge is 0.410 e. The van der Waals surface area contributed by atoms with E-state index in [2.05, 4.69) is 11.4 Å². The number of hydrogen-bond donors (Lipinski definition) is 2. The Hall–Kier alpha value is -2.42. The Morgan fingerprint density at radius 1 is 1.39 bits per heavy atom. The maximum absolute atomic E-state index is 12.0. The highest BCUT2D eigenvalue weighted by molar-refractivity contribution is 5.68. The summed E-state index contributed by atoms with van der Waals surface area (Å²) in [6.45, 7) is 6.76. The highest BCUT2D eigenvalue weighted by atomic mass is 16.6. The zero-order valence-electron chi connectivity index (χ0n) is 13.8. The van der Waals surface area contributed by atoms with Crippen molar-refractivity contribution in [3.63, 3.8) is 0 Å². The lowest BCUT2D eigenvalue weighted by atomic mass is 10.0. The van der Waals surface area contributed by atoms with Gasteiger partial charge < -0.3 is 20.1 Å². The molecule has 23 heavy (non-hydrogen) atoms. The van der Waals surface area contributed by atoms with Gasteiger partial charge in [0, 0.05) is 19.1 Å². The van der Waals surface area contributed by atoms with Crippen LogP contribution in [0.25, 0.3) is 0 Å². The predicted molar refractivity (Wildman–Crippen MR) is 87.3 cm³/mol. The van der Waals surface area contributed by atoms with Gasteiger partial charge in [0.15, 0.2) is 0 Å². The number of rotatable bonds is 2. The van der Waals surface area contributed by atoms with Crippen LogP contribution in [0.15, 0.2) is 18.2 Å². The van der Waals surface area contributed by atoms with Crippen LogP contribution in [0.2, 0.25) is 0 Å². The summed E-state index contributed by atoms with van der Waals surface area (Å²) in [7, 11) is 0. The Morgan fingerprint density at radius 3 is 2.61 bits per heavy atom. The van der Waals surface area contributed by atoms with Gasteiger partial charge in [-0.25, -0.2) is 4.79 Å². The average Bonchev–Trinajstić information content (AvgIpc) is 2.48. The highest BCUT2D eigenvalue weighted by Crippen LogP contribution is 2.27. The van der Waals surface area contributed by atoms with E-state index < -0.39 is 5.60 Å². The molecule has 6 heteroatoms. The number of nitriles is 1. The van der Waals surface area contributed by atoms with Crippen LogP contribution in [0.1, 0.15) is 39.2 Å². The molecule has 124 valence electrons. The highest BCUT2D eigenvalue weighted by Gasteiger charge is 2.27. The van der Waals surface area contributed by atoms with Crippen molar-refractivity contribution in [1.82, 2.24) is 4.90 Å². The van der Waals surface area contributed by atoms with Gasteiger partial charge in [-0.15, -0.1) is 0 Å². The van der Waals surface area contributed by atoms with Gasteiger partial charge in [0.05, 0.1) is 17.3 Å². The molecule has 2 N–H and O–H groups in total. The van der Waals surface area contributed by atoms with Crippen LogP contribution < -0.4 is 5.32 Å². The van der Waals surface area contributed by atoms with E-state index in [1.165, 1.54) is 6.07 Å². The number of nitrogens with one attached hydrogen (secondary N) is 1. The molecule has 2 rings (SSSR count). The molecule has 1 saturated heterocycles. The third-order valence-corrected chi connectivity index (χ3v) is 3.63. The number of nitrogens with zero attached hydrogens (tertiary/aromatic N) is 2. The number of aromatic hydroxyl groups is 1. The average molecular weight is 317 g/mol. The summed E-state index contributed by atoms with van der Waals surface area (Å²) in [5, 5.41) is 22.1. The first-order valence-electron chi connectivity index (χ1n) is 7.76. The molecule has 6 nitrogen and oxygen atoms in total. The minimum atomic E-state index is -0.490. The number of hydrogen-bond acceptors (Lipinski definition) is 5. The molecule has 1 heterocycles. The first-order valence-corrected chi connectivity index (χ1v) is 7.76. The van der Waals surface area contributed by atoms with Gasteiger partial charge in [0.25, 0.3) is 0 Å². The second kappa shape index (κ2) is 6.78. The summed E-state index contributed by atoms with van der Waals surface area (Å²) in [4.78, 5) is 13.7. The largest absolute Gasteiger partial charge is 0.506 e. The van der Waals surface area contributed by atoms with Crippen LogP contribution in [-0.4, -0.2) is 40.8 Å². The van der Waals surface area contributed by atoms with Gasteiger partial charge in [0.2, 0.25) is 0 Å². The molecule has 1 aromatic carbocycles. The van der Waals surface area contributed by atoms with E-state index in [-0.39, 0.29) is 17.9 Å². The number of benzene rings is 1. The van der Waals surface area contributed by atoms with Crippen molar-refractivity contribution in [2.75, 3.05) is 18.4 Å². The molecule has 0 unspecified atom stereocenters. The number of amides is 1. The van der Waals surface area contributed by atoms with Crippen LogP contribution in [0.4, 0.5) is 10.5 Å². The molecule has 0 radical (unpaired) electrons. The summed E-state index contributed by atoms with van der Waals surface area (Å²) in [5.74, 6) is 0.124. The maximum Gasteiger partial charge on any atom is 0.410 e. The van der Waals surface area contributed by atoms with E-state index in [9.17, 15) is 9.90 Å². The Morgan fingerprint density at radius 2 is 2.04 bits per heavy atom. The van der Waals surface area contributed by atoms with Gasteiger partial charge in [-0.2, -0.15) is 5.26 Å². The summed E-state index contributed by atoms with van der Waals surface area (Å²) in [6, 6.07) is 6.92. The number of phenols is 1. The second-order valence-corrected chi connectivity index (χ2v) is 6.73. The van der Waals surface area contributed by atoms with Crippen molar-refractivity contribution in [1.29, 1.82) is 5.26 Å². The molecule has 0 atom stereocenters. The second-order valence-electron chi connectivity index (χ2n) is 6.73. The molecule has 1 fully saturated rings. The number of carbonyl (C=O) groups excluding carboxylic acids is 1. The molecule has 0 aliphatic carbocycles. The maximum atomic E-state index is 12.0. The van der Waals surface area contributed by atoms with E-state index in [1.54, 1.807) is 17.0 Å². The molecular formula is C17H23N3O3. The SMILES string of the molecule is CC(C)(C)OC(=O)N1CCC(Nc2cc(C#N)ccc2O)CC1. The third kappa shape index (κ3) is 4.78. The molecule has 1 aliphatic heterocycles. The topological polar surface area (TPSA) is 85.6 Å². The van der Waals surface area contributed by atoms with E-state index >= 15 is 0 Å². The lowest BCUT2D eigenvalue weighted by Gasteiger charge is -2.34. The Balaban J connectivity index is 1.90. The predicted octanol–water partition coefficient (Wildman–Crippen LogP) is 3.08. The zero-order chi connectivity index (χ0) is 17.0. The lowest BCUT2D eigenvalue weighted by Crippen LogP contribution is -2.44. The van der Waals surface area contributed by atoms with E-state index in [4.69, 9.17) is 10.00 Å². The van der Waals surface area contributed by atoms with Gasteiger partial charge in [0.1, 0.15) is 11.4 Å². The van der Waals surface area contributed by atoms with Crippen molar-refractivity contribution in [2.24, 2.45) is 0 Å². The molecule has 0 aromatic heterocycles. The Bertz CT molecular complexity index is 608. The number of piperidine rings is 1.